The van der Waals surface area contributed by atoms with Crippen LogP contribution in [-0.2, 0) is 4.74 Å². The number of hydrogen-bond donors (Lipinski definition) is 0. The van der Waals surface area contributed by atoms with Gasteiger partial charge in [-0.25, -0.2) is 0 Å². The first kappa shape index (κ1) is 9.05. The van der Waals surface area contributed by atoms with Crippen molar-refractivity contribution in [1.29, 1.82) is 0 Å². The summed E-state index contributed by atoms with van der Waals surface area (Å²) in [7, 11) is 0. The smallest absolute Gasteiger partial charge is 0.0545 e. The molecule has 1 heteroatoms. The van der Waals surface area contributed by atoms with Gasteiger partial charge in [-0.15, -0.1) is 0 Å². The normalized spacial score (nSPS) is 26.5. The largest absolute Gasteiger partial charge is 0.380 e. The number of hydrogen-bond acceptors (Lipinski definition) is 1. The van der Waals surface area contributed by atoms with Gasteiger partial charge in [-0.1, -0.05) is 27.2 Å². The van der Waals surface area contributed by atoms with Gasteiger partial charge in [0.05, 0.1) is 13.2 Å². The second-order valence-corrected chi connectivity index (χ2v) is 3.68. The third-order valence-corrected chi connectivity index (χ3v) is 2.84. The minimum Gasteiger partial charge on any atom is -0.380 e. The van der Waals surface area contributed by atoms with Crippen LogP contribution in [-0.4, -0.2) is 13.2 Å². The molecule has 0 unspecified atom stereocenters. The zero-order valence-electron chi connectivity index (χ0n) is 8.02. The van der Waals surface area contributed by atoms with Gasteiger partial charge in [0, 0.05) is 5.41 Å². The van der Waals surface area contributed by atoms with Crippen molar-refractivity contribution in [2.75, 3.05) is 13.2 Å². The first-order valence-electron chi connectivity index (χ1n) is 4.92. The zero-order valence-corrected chi connectivity index (χ0v) is 8.02. The van der Waals surface area contributed by atoms with Gasteiger partial charge in [0.1, 0.15) is 0 Å². The van der Waals surface area contributed by atoms with Gasteiger partial charge >= 0.3 is 0 Å². The first-order valence-corrected chi connectivity index (χ1v) is 4.92. The molecule has 66 valence electrons. The topological polar surface area (TPSA) is 9.23 Å². The minimum absolute atomic E-state index is 0.695. The molecule has 2 aliphatic rings. The monoisotopic (exact) mass is 156 g/mol. The molecule has 1 nitrogen and oxygen atoms in total. The van der Waals surface area contributed by atoms with Crippen LogP contribution in [0, 0.1) is 11.3 Å². The quantitative estimate of drug-likeness (QED) is 0.567. The lowest BCUT2D eigenvalue weighted by molar-refractivity contribution is -0.179. The van der Waals surface area contributed by atoms with Crippen LogP contribution in [0.25, 0.3) is 0 Å². The van der Waals surface area contributed by atoms with E-state index in [1.807, 2.05) is 13.8 Å². The molecule has 2 fully saturated rings. The number of ether oxygens (including phenoxy) is 1. The Morgan fingerprint density at radius 2 is 1.82 bits per heavy atom. The fourth-order valence-electron chi connectivity index (χ4n) is 2.08. The Bertz CT molecular complexity index is 108. The molecule has 1 aliphatic heterocycles. The summed E-state index contributed by atoms with van der Waals surface area (Å²) in [6.45, 7) is 8.41. The lowest BCUT2D eigenvalue weighted by atomic mass is 9.60. The van der Waals surface area contributed by atoms with E-state index in [4.69, 9.17) is 4.74 Å². The van der Waals surface area contributed by atoms with Crippen molar-refractivity contribution in [2.45, 2.75) is 40.0 Å². The van der Waals surface area contributed by atoms with Crippen LogP contribution in [0.2, 0.25) is 0 Å². The third kappa shape index (κ3) is 1.58. The highest BCUT2D eigenvalue weighted by molar-refractivity contribution is 4.97. The molecule has 0 radical (unpaired) electrons. The van der Waals surface area contributed by atoms with Gasteiger partial charge in [0.2, 0.25) is 0 Å². The van der Waals surface area contributed by atoms with Crippen molar-refractivity contribution in [3.8, 4) is 0 Å². The minimum atomic E-state index is 0.695. The molecule has 0 atom stereocenters. The Hall–Kier alpha value is -0.0400. The Balaban J connectivity index is 0.000000281. The molecule has 0 aromatic heterocycles. The molecule has 0 N–H and O–H groups in total. The summed E-state index contributed by atoms with van der Waals surface area (Å²) in [5.41, 5.74) is 0.695. The van der Waals surface area contributed by atoms with Crippen LogP contribution in [0.3, 0.4) is 0 Å². The average Bonchev–Trinajstić information content (AvgIpc) is 1.87. The molecule has 2 rings (SSSR count). The van der Waals surface area contributed by atoms with Gasteiger partial charge in [-0.3, -0.25) is 0 Å². The second-order valence-electron chi connectivity index (χ2n) is 3.68. The Morgan fingerprint density at radius 1 is 1.27 bits per heavy atom. The zero-order chi connectivity index (χ0) is 8.32. The molecule has 11 heavy (non-hydrogen) atoms. The van der Waals surface area contributed by atoms with Crippen molar-refractivity contribution < 1.29 is 4.74 Å². The van der Waals surface area contributed by atoms with Crippen LogP contribution in [0.4, 0.5) is 0 Å². The molecule has 0 amide bonds. The van der Waals surface area contributed by atoms with E-state index in [9.17, 15) is 0 Å². The maximum absolute atomic E-state index is 5.17. The van der Waals surface area contributed by atoms with Crippen LogP contribution < -0.4 is 0 Å². The highest BCUT2D eigenvalue weighted by Gasteiger charge is 2.48. The van der Waals surface area contributed by atoms with E-state index in [2.05, 4.69) is 6.92 Å². The summed E-state index contributed by atoms with van der Waals surface area (Å²) in [6.07, 6.45) is 4.27. The van der Waals surface area contributed by atoms with Crippen LogP contribution in [0.15, 0.2) is 0 Å². The van der Waals surface area contributed by atoms with Crippen molar-refractivity contribution >= 4 is 0 Å². The Labute approximate surface area is 70.1 Å². The summed E-state index contributed by atoms with van der Waals surface area (Å²) >= 11 is 0. The molecule has 1 aliphatic carbocycles. The molecule has 0 aromatic carbocycles. The first-order chi connectivity index (χ1) is 5.35. The van der Waals surface area contributed by atoms with E-state index >= 15 is 0 Å². The summed E-state index contributed by atoms with van der Waals surface area (Å²) in [5, 5.41) is 0. The molecule has 1 saturated carbocycles. The van der Waals surface area contributed by atoms with Crippen LogP contribution in [0.1, 0.15) is 40.0 Å². The van der Waals surface area contributed by atoms with E-state index in [0.29, 0.717) is 5.41 Å². The Morgan fingerprint density at radius 3 is 2.09 bits per heavy atom. The predicted octanol–water partition coefficient (Wildman–Crippen LogP) is 2.85. The summed E-state index contributed by atoms with van der Waals surface area (Å²) in [5.74, 6) is 1.04. The maximum Gasteiger partial charge on any atom is 0.0545 e. The van der Waals surface area contributed by atoms with Gasteiger partial charge in [0.25, 0.3) is 0 Å². The summed E-state index contributed by atoms with van der Waals surface area (Å²) < 4.78 is 5.17. The molecule has 1 saturated heterocycles. The molecule has 1 heterocycles. The average molecular weight is 156 g/mol. The van der Waals surface area contributed by atoms with Crippen LogP contribution in [0.5, 0.6) is 0 Å². The molecule has 0 aromatic rings. The Kier molecular flexibility index (Phi) is 2.94. The van der Waals surface area contributed by atoms with Crippen molar-refractivity contribution in [1.82, 2.24) is 0 Å². The SMILES string of the molecule is CC.CCC1CC2(COC2)C1. The summed E-state index contributed by atoms with van der Waals surface area (Å²) in [6, 6.07) is 0. The van der Waals surface area contributed by atoms with E-state index in [1.165, 1.54) is 19.3 Å². The fourth-order valence-corrected chi connectivity index (χ4v) is 2.08. The van der Waals surface area contributed by atoms with E-state index < -0.39 is 0 Å². The fraction of sp³-hybridized carbons (Fsp3) is 1.00. The van der Waals surface area contributed by atoms with Crippen molar-refractivity contribution in [3.05, 3.63) is 0 Å². The standard InChI is InChI=1S/C8H14O.C2H6/c1-2-7-3-8(4-7)5-9-6-8;1-2/h7H,2-6H2,1H3;1-2H3. The highest BCUT2D eigenvalue weighted by atomic mass is 16.5. The molecular weight excluding hydrogens is 136 g/mol. The highest BCUT2D eigenvalue weighted by Crippen LogP contribution is 2.51. The molecule has 1 spiro atoms. The van der Waals surface area contributed by atoms with E-state index in [0.717, 1.165) is 19.1 Å². The van der Waals surface area contributed by atoms with Gasteiger partial charge < -0.3 is 4.74 Å². The van der Waals surface area contributed by atoms with Crippen molar-refractivity contribution in [3.63, 3.8) is 0 Å². The lowest BCUT2D eigenvalue weighted by Gasteiger charge is -2.53. The third-order valence-electron chi connectivity index (χ3n) is 2.84. The number of rotatable bonds is 1. The van der Waals surface area contributed by atoms with E-state index in [-0.39, 0.29) is 0 Å². The van der Waals surface area contributed by atoms with Crippen molar-refractivity contribution in [2.24, 2.45) is 11.3 Å². The second kappa shape index (κ2) is 3.57. The van der Waals surface area contributed by atoms with Gasteiger partial charge in [-0.2, -0.15) is 0 Å². The van der Waals surface area contributed by atoms with Crippen LogP contribution >= 0.6 is 0 Å². The molecule has 0 bridgehead atoms. The molecular formula is C10H20O. The van der Waals surface area contributed by atoms with Gasteiger partial charge in [-0.05, 0) is 18.8 Å². The predicted molar refractivity (Wildman–Crippen MR) is 47.6 cm³/mol. The lowest BCUT2D eigenvalue weighted by Crippen LogP contribution is -2.51. The summed E-state index contributed by atoms with van der Waals surface area (Å²) in [4.78, 5) is 0. The maximum atomic E-state index is 5.17. The van der Waals surface area contributed by atoms with E-state index in [1.54, 1.807) is 0 Å². The van der Waals surface area contributed by atoms with Gasteiger partial charge in [0.15, 0.2) is 0 Å².